The van der Waals surface area contributed by atoms with Crippen molar-refractivity contribution < 1.29 is 18.1 Å². The molecule has 1 aliphatic heterocycles. The Morgan fingerprint density at radius 2 is 1.85 bits per heavy atom. The molecule has 2 heterocycles. The number of piperidine rings is 1. The standard InChI is InChI=1S/C16H14F3N3O3S/c17-16(18,19)9-7-10-12(11(8-9)22(24)25)26-14(20-13(10)23)21-5-3-15(1-2-15)4-6-21/h7-8H,1-6H2. The van der Waals surface area contributed by atoms with E-state index in [1.165, 1.54) is 12.8 Å². The number of hydrogen-bond acceptors (Lipinski definition) is 6. The van der Waals surface area contributed by atoms with Gasteiger partial charge < -0.3 is 4.90 Å². The van der Waals surface area contributed by atoms with Crippen LogP contribution >= 0.6 is 11.3 Å². The van der Waals surface area contributed by atoms with E-state index in [-0.39, 0.29) is 10.1 Å². The van der Waals surface area contributed by atoms with Crippen LogP contribution in [0.2, 0.25) is 0 Å². The van der Waals surface area contributed by atoms with Crippen LogP contribution in [-0.4, -0.2) is 23.0 Å². The monoisotopic (exact) mass is 385 g/mol. The van der Waals surface area contributed by atoms with Crippen molar-refractivity contribution in [1.29, 1.82) is 0 Å². The summed E-state index contributed by atoms with van der Waals surface area (Å²) in [6, 6.07) is 1.13. The average molecular weight is 385 g/mol. The molecule has 0 amide bonds. The number of alkyl halides is 3. The van der Waals surface area contributed by atoms with Gasteiger partial charge in [0.25, 0.3) is 11.2 Å². The third kappa shape index (κ3) is 2.91. The molecule has 0 N–H and O–H groups in total. The van der Waals surface area contributed by atoms with Crippen LogP contribution in [0.5, 0.6) is 0 Å². The summed E-state index contributed by atoms with van der Waals surface area (Å²) in [6.07, 6.45) is -0.423. The summed E-state index contributed by atoms with van der Waals surface area (Å²) in [5.41, 5.74) is -2.39. The van der Waals surface area contributed by atoms with E-state index in [9.17, 15) is 28.1 Å². The zero-order valence-electron chi connectivity index (χ0n) is 13.5. The van der Waals surface area contributed by atoms with Crippen molar-refractivity contribution in [3.63, 3.8) is 0 Å². The molecular formula is C16H14F3N3O3S. The minimum Gasteiger partial charge on any atom is -0.348 e. The predicted octanol–water partition coefficient (Wildman–Crippen LogP) is 3.96. The average Bonchev–Trinajstić information content (AvgIpc) is 3.32. The summed E-state index contributed by atoms with van der Waals surface area (Å²) in [4.78, 5) is 28.5. The first-order chi connectivity index (χ1) is 12.2. The number of nitrogens with zero attached hydrogens (tertiary/aromatic N) is 3. The Hall–Kier alpha value is -2.23. The molecule has 0 bridgehead atoms. The van der Waals surface area contributed by atoms with Crippen LogP contribution in [0, 0.1) is 15.5 Å². The molecule has 1 aromatic heterocycles. The number of anilines is 1. The van der Waals surface area contributed by atoms with Crippen molar-refractivity contribution in [3.8, 4) is 0 Å². The van der Waals surface area contributed by atoms with Crippen LogP contribution in [-0.2, 0) is 6.18 Å². The molecule has 1 saturated heterocycles. The van der Waals surface area contributed by atoms with Gasteiger partial charge in [-0.15, -0.1) is 0 Å². The van der Waals surface area contributed by atoms with Gasteiger partial charge in [-0.05, 0) is 37.2 Å². The zero-order chi connectivity index (χ0) is 18.7. The highest BCUT2D eigenvalue weighted by Gasteiger charge is 2.44. The normalized spacial score (nSPS) is 19.1. The predicted molar refractivity (Wildman–Crippen MR) is 90.7 cm³/mol. The summed E-state index contributed by atoms with van der Waals surface area (Å²) >= 11 is 0.908. The first-order valence-electron chi connectivity index (χ1n) is 8.14. The molecule has 2 aromatic rings. The van der Waals surface area contributed by atoms with Crippen LogP contribution in [0.25, 0.3) is 10.1 Å². The van der Waals surface area contributed by atoms with Crippen molar-refractivity contribution in [3.05, 3.63) is 38.2 Å². The first kappa shape index (κ1) is 17.2. The molecule has 1 saturated carbocycles. The second kappa shape index (κ2) is 5.63. The van der Waals surface area contributed by atoms with Crippen molar-refractivity contribution in [2.24, 2.45) is 5.41 Å². The summed E-state index contributed by atoms with van der Waals surface area (Å²) in [5, 5.41) is 11.3. The number of fused-ring (bicyclic) bond motifs is 1. The molecule has 1 aromatic carbocycles. The Morgan fingerprint density at radius 1 is 1.19 bits per heavy atom. The minimum atomic E-state index is -4.78. The number of aromatic nitrogens is 1. The SMILES string of the molecule is O=c1nc(N2CCC3(CC2)CC3)sc2c([N+](=O)[O-])cc(C(F)(F)F)cc12. The maximum absolute atomic E-state index is 13.0. The molecule has 1 spiro atoms. The van der Waals surface area contributed by atoms with E-state index in [1.807, 2.05) is 4.90 Å². The van der Waals surface area contributed by atoms with Crippen molar-refractivity contribution >= 4 is 32.2 Å². The molecule has 4 rings (SSSR count). The van der Waals surface area contributed by atoms with Gasteiger partial charge in [0.2, 0.25) is 0 Å². The highest BCUT2D eigenvalue weighted by Crippen LogP contribution is 2.54. The molecule has 138 valence electrons. The molecule has 26 heavy (non-hydrogen) atoms. The Bertz CT molecular complexity index is 959. The third-order valence-electron chi connectivity index (χ3n) is 5.27. The summed E-state index contributed by atoms with van der Waals surface area (Å²) in [5.74, 6) is 0. The second-order valence-corrected chi connectivity index (χ2v) is 7.89. The Kier molecular flexibility index (Phi) is 3.73. The van der Waals surface area contributed by atoms with Crippen molar-refractivity contribution in [2.75, 3.05) is 18.0 Å². The van der Waals surface area contributed by atoms with Crippen LogP contribution in [0.4, 0.5) is 24.0 Å². The molecule has 0 atom stereocenters. The lowest BCUT2D eigenvalue weighted by molar-refractivity contribution is -0.383. The van der Waals surface area contributed by atoms with Crippen molar-refractivity contribution in [2.45, 2.75) is 31.9 Å². The topological polar surface area (TPSA) is 76.3 Å². The van der Waals surface area contributed by atoms with Gasteiger partial charge in [0.05, 0.1) is 15.9 Å². The number of non-ortho nitro benzene ring substituents is 1. The highest BCUT2D eigenvalue weighted by atomic mass is 32.1. The largest absolute Gasteiger partial charge is 0.416 e. The van der Waals surface area contributed by atoms with E-state index in [2.05, 4.69) is 4.98 Å². The second-order valence-electron chi connectivity index (χ2n) is 6.92. The quantitative estimate of drug-likeness (QED) is 0.578. The maximum Gasteiger partial charge on any atom is 0.416 e. The van der Waals surface area contributed by atoms with Crippen LogP contribution in [0.15, 0.2) is 16.9 Å². The smallest absolute Gasteiger partial charge is 0.348 e. The Morgan fingerprint density at radius 3 is 2.38 bits per heavy atom. The van der Waals surface area contributed by atoms with Gasteiger partial charge in [-0.1, -0.05) is 11.3 Å². The fourth-order valence-electron chi connectivity index (χ4n) is 3.42. The molecule has 2 aliphatic rings. The number of rotatable bonds is 2. The number of benzene rings is 1. The fourth-order valence-corrected chi connectivity index (χ4v) is 4.54. The van der Waals surface area contributed by atoms with Gasteiger partial charge in [0.1, 0.15) is 4.70 Å². The minimum absolute atomic E-state index is 0.0651. The van der Waals surface area contributed by atoms with Gasteiger partial charge >= 0.3 is 6.18 Å². The fraction of sp³-hybridized carbons (Fsp3) is 0.500. The van der Waals surface area contributed by atoms with Gasteiger partial charge in [0, 0.05) is 19.2 Å². The van der Waals surface area contributed by atoms with E-state index < -0.39 is 27.9 Å². The lowest BCUT2D eigenvalue weighted by Crippen LogP contribution is -2.35. The highest BCUT2D eigenvalue weighted by molar-refractivity contribution is 7.22. The molecule has 0 unspecified atom stereocenters. The lowest BCUT2D eigenvalue weighted by atomic mass is 9.94. The summed E-state index contributed by atoms with van der Waals surface area (Å²) < 4.78 is 38.9. The van der Waals surface area contributed by atoms with Gasteiger partial charge in [-0.25, -0.2) is 0 Å². The summed E-state index contributed by atoms with van der Waals surface area (Å²) in [6.45, 7) is 1.39. The van der Waals surface area contributed by atoms with E-state index in [1.54, 1.807) is 0 Å². The van der Waals surface area contributed by atoms with E-state index in [0.29, 0.717) is 35.8 Å². The van der Waals surface area contributed by atoms with Crippen LogP contribution < -0.4 is 10.5 Å². The van der Waals surface area contributed by atoms with E-state index in [4.69, 9.17) is 0 Å². The van der Waals surface area contributed by atoms with Crippen molar-refractivity contribution in [1.82, 2.24) is 4.98 Å². The Labute approximate surface area is 149 Å². The molecule has 6 nitrogen and oxygen atoms in total. The molecule has 1 aliphatic carbocycles. The van der Waals surface area contributed by atoms with E-state index >= 15 is 0 Å². The Balaban J connectivity index is 1.82. The number of hydrogen-bond donors (Lipinski definition) is 0. The first-order valence-corrected chi connectivity index (χ1v) is 8.96. The molecule has 10 heteroatoms. The maximum atomic E-state index is 13.0. The number of nitro benzene ring substituents is 1. The van der Waals surface area contributed by atoms with Gasteiger partial charge in [0.15, 0.2) is 5.13 Å². The van der Waals surface area contributed by atoms with E-state index in [0.717, 1.165) is 24.2 Å². The zero-order valence-corrected chi connectivity index (χ0v) is 14.3. The number of halogens is 3. The molecular weight excluding hydrogens is 371 g/mol. The molecule has 2 fully saturated rings. The number of nitro groups is 1. The van der Waals surface area contributed by atoms with Crippen LogP contribution in [0.1, 0.15) is 31.2 Å². The third-order valence-corrected chi connectivity index (χ3v) is 6.43. The van der Waals surface area contributed by atoms with Gasteiger partial charge in [-0.2, -0.15) is 18.2 Å². The molecule has 0 radical (unpaired) electrons. The lowest BCUT2D eigenvalue weighted by Gasteiger charge is -2.32. The summed E-state index contributed by atoms with van der Waals surface area (Å²) in [7, 11) is 0. The van der Waals surface area contributed by atoms with Gasteiger partial charge in [-0.3, -0.25) is 14.9 Å². The van der Waals surface area contributed by atoms with Crippen LogP contribution in [0.3, 0.4) is 0 Å².